The lowest BCUT2D eigenvalue weighted by Crippen LogP contribution is -2.12. The van der Waals surface area contributed by atoms with Crippen molar-refractivity contribution in [3.05, 3.63) is 35.1 Å². The quantitative estimate of drug-likeness (QED) is 0.326. The molecule has 0 heterocycles. The van der Waals surface area contributed by atoms with Gasteiger partial charge in [-0.1, -0.05) is 45.4 Å². The van der Waals surface area contributed by atoms with Crippen molar-refractivity contribution < 1.29 is 27.1 Å². The van der Waals surface area contributed by atoms with E-state index in [1.165, 1.54) is 19.3 Å². The molecular formula is C17H22F4O2. The normalized spacial score (nSPS) is 11.5. The molecule has 0 radical (unpaired) electrons. The molecule has 1 aromatic rings. The number of carbonyl (C=O) groups excluding carboxylic acids is 1. The van der Waals surface area contributed by atoms with Crippen LogP contribution in [-0.4, -0.2) is 12.6 Å². The van der Waals surface area contributed by atoms with E-state index in [9.17, 15) is 22.4 Å². The van der Waals surface area contributed by atoms with Crippen molar-refractivity contribution in [1.29, 1.82) is 0 Å². The minimum atomic E-state index is -4.62. The maximum Gasteiger partial charge on any atom is 0.416 e. The van der Waals surface area contributed by atoms with Gasteiger partial charge in [-0.3, -0.25) is 0 Å². The molecule has 0 aliphatic carbocycles. The molecule has 23 heavy (non-hydrogen) atoms. The highest BCUT2D eigenvalue weighted by Crippen LogP contribution is 2.30. The summed E-state index contributed by atoms with van der Waals surface area (Å²) in [6.45, 7) is 2.22. The molecule has 6 heteroatoms. The van der Waals surface area contributed by atoms with Gasteiger partial charge in [-0.15, -0.1) is 0 Å². The van der Waals surface area contributed by atoms with Crippen LogP contribution in [0, 0.1) is 5.82 Å². The number of rotatable bonds is 9. The Bertz CT molecular complexity index is 498. The van der Waals surface area contributed by atoms with E-state index in [2.05, 4.69) is 6.92 Å². The fourth-order valence-electron chi connectivity index (χ4n) is 2.16. The molecule has 0 aliphatic heterocycles. The van der Waals surface area contributed by atoms with Crippen molar-refractivity contribution in [2.45, 2.75) is 58.0 Å². The van der Waals surface area contributed by atoms with Gasteiger partial charge in [-0.25, -0.2) is 9.18 Å². The first kappa shape index (κ1) is 19.5. The van der Waals surface area contributed by atoms with Crippen molar-refractivity contribution in [3.63, 3.8) is 0 Å². The number of benzene rings is 1. The van der Waals surface area contributed by atoms with E-state index >= 15 is 0 Å². The first-order valence-electron chi connectivity index (χ1n) is 7.90. The van der Waals surface area contributed by atoms with Gasteiger partial charge in [0.25, 0.3) is 0 Å². The molecule has 0 N–H and O–H groups in total. The summed E-state index contributed by atoms with van der Waals surface area (Å²) in [6, 6.07) is 1.72. The minimum Gasteiger partial charge on any atom is -0.462 e. The summed E-state index contributed by atoms with van der Waals surface area (Å²) in [6.07, 6.45) is 2.55. The van der Waals surface area contributed by atoms with E-state index in [0.717, 1.165) is 19.3 Å². The molecule has 0 saturated heterocycles. The molecule has 0 saturated carbocycles. The van der Waals surface area contributed by atoms with Gasteiger partial charge in [0, 0.05) is 0 Å². The summed E-state index contributed by atoms with van der Waals surface area (Å²) in [4.78, 5) is 11.7. The predicted octanol–water partition coefficient (Wildman–Crippen LogP) is 5.75. The van der Waals surface area contributed by atoms with E-state index in [-0.39, 0.29) is 6.61 Å². The fraction of sp³-hybridized carbons (Fsp3) is 0.588. The molecule has 0 aliphatic rings. The highest BCUT2D eigenvalue weighted by atomic mass is 19.4. The van der Waals surface area contributed by atoms with Crippen LogP contribution in [0.4, 0.5) is 17.6 Å². The highest BCUT2D eigenvalue weighted by Gasteiger charge is 2.32. The molecule has 0 fully saturated rings. The molecule has 0 unspecified atom stereocenters. The molecule has 1 rings (SSSR count). The monoisotopic (exact) mass is 334 g/mol. The average Bonchev–Trinajstić information content (AvgIpc) is 2.49. The van der Waals surface area contributed by atoms with Gasteiger partial charge in [-0.2, -0.15) is 13.2 Å². The predicted molar refractivity (Wildman–Crippen MR) is 79.7 cm³/mol. The van der Waals surface area contributed by atoms with Gasteiger partial charge in [0.2, 0.25) is 0 Å². The van der Waals surface area contributed by atoms with E-state index in [1.807, 2.05) is 0 Å². The second-order valence-electron chi connectivity index (χ2n) is 5.45. The van der Waals surface area contributed by atoms with Gasteiger partial charge < -0.3 is 4.74 Å². The number of hydrogen-bond donors (Lipinski definition) is 0. The maximum atomic E-state index is 13.5. The lowest BCUT2D eigenvalue weighted by molar-refractivity contribution is -0.137. The van der Waals surface area contributed by atoms with Crippen molar-refractivity contribution >= 4 is 5.97 Å². The minimum absolute atomic E-state index is 0.0856. The van der Waals surface area contributed by atoms with Crippen LogP contribution in [0.5, 0.6) is 0 Å². The summed E-state index contributed by atoms with van der Waals surface area (Å²) < 4.78 is 56.1. The summed E-state index contributed by atoms with van der Waals surface area (Å²) in [5.74, 6) is -2.07. The van der Waals surface area contributed by atoms with Crippen molar-refractivity contribution in [1.82, 2.24) is 0 Å². The third-order valence-electron chi connectivity index (χ3n) is 3.49. The standard InChI is InChI=1S/C17H22F4O2/c1-2-3-4-5-6-7-8-11-23-16(22)14-12-13(17(19,20)21)9-10-15(14)18/h9-10,12H,2-8,11H2,1H3. The molecule has 1 aromatic carbocycles. The van der Waals surface area contributed by atoms with E-state index in [1.54, 1.807) is 0 Å². The van der Waals surface area contributed by atoms with E-state index < -0.39 is 29.1 Å². The maximum absolute atomic E-state index is 13.5. The average molecular weight is 334 g/mol. The van der Waals surface area contributed by atoms with Crippen LogP contribution >= 0.6 is 0 Å². The lowest BCUT2D eigenvalue weighted by atomic mass is 10.1. The van der Waals surface area contributed by atoms with Crippen molar-refractivity contribution in [2.24, 2.45) is 0 Å². The van der Waals surface area contributed by atoms with Crippen LogP contribution in [0.15, 0.2) is 18.2 Å². The van der Waals surface area contributed by atoms with Crippen LogP contribution in [0.2, 0.25) is 0 Å². The Labute approximate surface area is 133 Å². The number of esters is 1. The zero-order valence-electron chi connectivity index (χ0n) is 13.2. The molecule has 0 bridgehead atoms. The largest absolute Gasteiger partial charge is 0.462 e. The lowest BCUT2D eigenvalue weighted by Gasteiger charge is -2.10. The molecular weight excluding hydrogens is 312 g/mol. The van der Waals surface area contributed by atoms with Gasteiger partial charge in [0.1, 0.15) is 5.82 Å². The summed E-state index contributed by atoms with van der Waals surface area (Å²) >= 11 is 0. The molecule has 0 spiro atoms. The van der Waals surface area contributed by atoms with E-state index in [0.29, 0.717) is 24.6 Å². The number of hydrogen-bond acceptors (Lipinski definition) is 2. The topological polar surface area (TPSA) is 26.3 Å². The number of carbonyl (C=O) groups is 1. The molecule has 130 valence electrons. The second kappa shape index (κ2) is 9.53. The zero-order chi connectivity index (χ0) is 17.3. The molecule has 0 amide bonds. The third-order valence-corrected chi connectivity index (χ3v) is 3.49. The number of unbranched alkanes of at least 4 members (excludes halogenated alkanes) is 6. The first-order chi connectivity index (χ1) is 10.9. The number of halogens is 4. The Kier molecular flexibility index (Phi) is 8.06. The Hall–Kier alpha value is -1.59. The fourth-order valence-corrected chi connectivity index (χ4v) is 2.16. The zero-order valence-corrected chi connectivity index (χ0v) is 13.2. The molecule has 0 aromatic heterocycles. The summed E-state index contributed by atoms with van der Waals surface area (Å²) in [5.41, 5.74) is -1.75. The first-order valence-corrected chi connectivity index (χ1v) is 7.90. The van der Waals surface area contributed by atoms with Gasteiger partial charge >= 0.3 is 12.1 Å². The Balaban J connectivity index is 2.40. The number of alkyl halides is 3. The van der Waals surface area contributed by atoms with E-state index in [4.69, 9.17) is 4.74 Å². The van der Waals surface area contributed by atoms with Crippen molar-refractivity contribution in [2.75, 3.05) is 6.61 Å². The number of ether oxygens (including phenoxy) is 1. The SMILES string of the molecule is CCCCCCCCCOC(=O)c1cc(C(F)(F)F)ccc1F. The Morgan fingerprint density at radius 2 is 1.65 bits per heavy atom. The van der Waals surface area contributed by atoms with Gasteiger partial charge in [0.05, 0.1) is 17.7 Å². The van der Waals surface area contributed by atoms with Crippen LogP contribution in [-0.2, 0) is 10.9 Å². The highest BCUT2D eigenvalue weighted by molar-refractivity contribution is 5.89. The third kappa shape index (κ3) is 7.01. The Morgan fingerprint density at radius 3 is 2.26 bits per heavy atom. The molecule has 2 nitrogen and oxygen atoms in total. The summed E-state index contributed by atoms with van der Waals surface area (Å²) in [5, 5.41) is 0. The van der Waals surface area contributed by atoms with Gasteiger partial charge in [0.15, 0.2) is 0 Å². The smallest absolute Gasteiger partial charge is 0.416 e. The van der Waals surface area contributed by atoms with Crippen LogP contribution < -0.4 is 0 Å². The van der Waals surface area contributed by atoms with Crippen LogP contribution in [0.25, 0.3) is 0 Å². The van der Waals surface area contributed by atoms with Crippen molar-refractivity contribution in [3.8, 4) is 0 Å². The van der Waals surface area contributed by atoms with Gasteiger partial charge in [-0.05, 0) is 24.6 Å². The second-order valence-corrected chi connectivity index (χ2v) is 5.45. The van der Waals surface area contributed by atoms with Crippen LogP contribution in [0.3, 0.4) is 0 Å². The van der Waals surface area contributed by atoms with Crippen LogP contribution in [0.1, 0.15) is 67.8 Å². The Morgan fingerprint density at radius 1 is 1.04 bits per heavy atom. The molecule has 0 atom stereocenters. The summed E-state index contributed by atoms with van der Waals surface area (Å²) in [7, 11) is 0.